The summed E-state index contributed by atoms with van der Waals surface area (Å²) in [5.74, 6) is 0.598. The highest BCUT2D eigenvalue weighted by Crippen LogP contribution is 2.17. The Bertz CT molecular complexity index is 423. The first-order valence-electron chi connectivity index (χ1n) is 6.58. The lowest BCUT2D eigenvalue weighted by atomic mass is 10.2. The number of halogens is 1. The van der Waals surface area contributed by atoms with Crippen molar-refractivity contribution in [2.45, 2.75) is 26.3 Å². The molecule has 19 heavy (non-hydrogen) atoms. The molecule has 0 aliphatic carbocycles. The van der Waals surface area contributed by atoms with Crippen LogP contribution in [-0.2, 0) is 0 Å². The zero-order valence-electron chi connectivity index (χ0n) is 11.6. The Morgan fingerprint density at radius 2 is 1.89 bits per heavy atom. The monoisotopic (exact) mass is 285 g/mol. The first kappa shape index (κ1) is 14.3. The maximum atomic E-state index is 5.87. The minimum Gasteiger partial charge on any atom is -0.467 e. The fourth-order valence-corrected chi connectivity index (χ4v) is 2.32. The van der Waals surface area contributed by atoms with Crippen molar-refractivity contribution in [2.75, 3.05) is 38.2 Å². The summed E-state index contributed by atoms with van der Waals surface area (Å²) in [6.45, 7) is 8.30. The molecule has 1 aromatic heterocycles. The van der Waals surface area contributed by atoms with E-state index in [1.54, 1.807) is 0 Å². The summed E-state index contributed by atoms with van der Waals surface area (Å²) in [7, 11) is 1.52. The van der Waals surface area contributed by atoms with Gasteiger partial charge >= 0.3 is 6.01 Å². The highest BCUT2D eigenvalue weighted by Gasteiger charge is 2.22. The number of aromatic nitrogens is 3. The SMILES string of the molecule is CCC(C)N1CCN(c2nc(Cl)nc(OC)n2)CC1. The minimum absolute atomic E-state index is 0.172. The van der Waals surface area contributed by atoms with Crippen LogP contribution in [0.15, 0.2) is 0 Å². The Labute approximate surface area is 118 Å². The van der Waals surface area contributed by atoms with E-state index in [0.717, 1.165) is 26.2 Å². The van der Waals surface area contributed by atoms with Gasteiger partial charge in [-0.2, -0.15) is 15.0 Å². The summed E-state index contributed by atoms with van der Waals surface area (Å²) in [6.07, 6.45) is 1.17. The molecule has 0 aromatic carbocycles. The van der Waals surface area contributed by atoms with Crippen LogP contribution >= 0.6 is 11.6 Å². The van der Waals surface area contributed by atoms with Gasteiger partial charge in [-0.25, -0.2) is 0 Å². The van der Waals surface area contributed by atoms with Gasteiger partial charge in [-0.05, 0) is 24.9 Å². The third-order valence-corrected chi connectivity index (χ3v) is 3.74. The quantitative estimate of drug-likeness (QED) is 0.835. The fraction of sp³-hybridized carbons (Fsp3) is 0.750. The molecule has 0 saturated carbocycles. The van der Waals surface area contributed by atoms with E-state index in [-0.39, 0.29) is 11.3 Å². The zero-order chi connectivity index (χ0) is 13.8. The van der Waals surface area contributed by atoms with E-state index in [2.05, 4.69) is 38.6 Å². The molecule has 0 bridgehead atoms. The van der Waals surface area contributed by atoms with Gasteiger partial charge in [0, 0.05) is 32.2 Å². The Kier molecular flexibility index (Phi) is 4.76. The zero-order valence-corrected chi connectivity index (χ0v) is 12.4. The predicted molar refractivity (Wildman–Crippen MR) is 74.9 cm³/mol. The summed E-state index contributed by atoms with van der Waals surface area (Å²) in [5, 5.41) is 0.172. The van der Waals surface area contributed by atoms with Gasteiger partial charge in [-0.3, -0.25) is 4.90 Å². The molecule has 1 aliphatic rings. The lowest BCUT2D eigenvalue weighted by molar-refractivity contribution is 0.192. The second-order valence-electron chi connectivity index (χ2n) is 4.67. The minimum atomic E-state index is 0.172. The van der Waals surface area contributed by atoms with E-state index in [1.165, 1.54) is 13.5 Å². The van der Waals surface area contributed by atoms with Crippen LogP contribution in [0.4, 0.5) is 5.95 Å². The molecular formula is C12H20ClN5O. The van der Waals surface area contributed by atoms with Crippen molar-refractivity contribution in [3.63, 3.8) is 0 Å². The fourth-order valence-electron chi connectivity index (χ4n) is 2.18. The van der Waals surface area contributed by atoms with Crippen molar-refractivity contribution in [1.82, 2.24) is 19.9 Å². The van der Waals surface area contributed by atoms with Crippen LogP contribution in [0.5, 0.6) is 6.01 Å². The summed E-state index contributed by atoms with van der Waals surface area (Å²) < 4.78 is 5.02. The number of hydrogen-bond donors (Lipinski definition) is 0. The Morgan fingerprint density at radius 1 is 1.21 bits per heavy atom. The second-order valence-corrected chi connectivity index (χ2v) is 5.01. The van der Waals surface area contributed by atoms with Gasteiger partial charge in [-0.15, -0.1) is 0 Å². The first-order valence-corrected chi connectivity index (χ1v) is 6.96. The van der Waals surface area contributed by atoms with Crippen molar-refractivity contribution in [2.24, 2.45) is 0 Å². The number of anilines is 1. The van der Waals surface area contributed by atoms with Crippen LogP contribution in [0.3, 0.4) is 0 Å². The van der Waals surface area contributed by atoms with Gasteiger partial charge in [0.15, 0.2) is 0 Å². The predicted octanol–water partition coefficient (Wildman–Crippen LogP) is 1.45. The van der Waals surface area contributed by atoms with Crippen LogP contribution in [0.2, 0.25) is 5.28 Å². The molecule has 2 rings (SSSR count). The average molecular weight is 286 g/mol. The lowest BCUT2D eigenvalue weighted by Crippen LogP contribution is -2.50. The molecule has 6 nitrogen and oxygen atoms in total. The summed E-state index contributed by atoms with van der Waals surface area (Å²) >= 11 is 5.87. The number of hydrogen-bond acceptors (Lipinski definition) is 6. The highest BCUT2D eigenvalue weighted by atomic mass is 35.5. The average Bonchev–Trinajstić information content (AvgIpc) is 2.46. The molecule has 1 aromatic rings. The van der Waals surface area contributed by atoms with E-state index in [1.807, 2.05) is 0 Å². The number of nitrogens with zero attached hydrogens (tertiary/aromatic N) is 5. The molecule has 0 N–H and O–H groups in total. The summed E-state index contributed by atoms with van der Waals surface area (Å²) in [6, 6.07) is 0.887. The summed E-state index contributed by atoms with van der Waals surface area (Å²) in [5.41, 5.74) is 0. The third kappa shape index (κ3) is 3.45. The molecule has 106 valence electrons. The van der Waals surface area contributed by atoms with Crippen molar-refractivity contribution in [1.29, 1.82) is 0 Å². The second kappa shape index (κ2) is 6.34. The Hall–Kier alpha value is -1.14. The van der Waals surface area contributed by atoms with Crippen molar-refractivity contribution in [3.8, 4) is 6.01 Å². The maximum absolute atomic E-state index is 5.87. The molecule has 1 unspecified atom stereocenters. The van der Waals surface area contributed by atoms with E-state index in [0.29, 0.717) is 12.0 Å². The molecule has 1 saturated heterocycles. The molecule has 0 spiro atoms. The highest BCUT2D eigenvalue weighted by molar-refractivity contribution is 6.28. The van der Waals surface area contributed by atoms with Gasteiger partial charge in [-0.1, -0.05) is 6.92 Å². The largest absolute Gasteiger partial charge is 0.467 e. The Balaban J connectivity index is 2.03. The van der Waals surface area contributed by atoms with Gasteiger partial charge in [0.25, 0.3) is 0 Å². The van der Waals surface area contributed by atoms with Gasteiger partial charge in [0.1, 0.15) is 0 Å². The maximum Gasteiger partial charge on any atom is 0.322 e. The molecule has 1 fully saturated rings. The number of methoxy groups -OCH3 is 1. The third-order valence-electron chi connectivity index (χ3n) is 3.57. The van der Waals surface area contributed by atoms with Crippen LogP contribution in [0.25, 0.3) is 0 Å². The lowest BCUT2D eigenvalue weighted by Gasteiger charge is -2.37. The van der Waals surface area contributed by atoms with Crippen molar-refractivity contribution in [3.05, 3.63) is 5.28 Å². The normalized spacial score (nSPS) is 18.4. The molecule has 1 aliphatic heterocycles. The van der Waals surface area contributed by atoms with Crippen molar-refractivity contribution < 1.29 is 4.74 Å². The van der Waals surface area contributed by atoms with Crippen LogP contribution < -0.4 is 9.64 Å². The number of rotatable bonds is 4. The number of ether oxygens (including phenoxy) is 1. The molecule has 7 heteroatoms. The van der Waals surface area contributed by atoms with Gasteiger partial charge in [0.2, 0.25) is 11.2 Å². The van der Waals surface area contributed by atoms with Crippen molar-refractivity contribution >= 4 is 17.5 Å². The molecule has 2 heterocycles. The van der Waals surface area contributed by atoms with E-state index in [4.69, 9.17) is 16.3 Å². The molecular weight excluding hydrogens is 266 g/mol. The van der Waals surface area contributed by atoms with Gasteiger partial charge in [0.05, 0.1) is 7.11 Å². The topological polar surface area (TPSA) is 54.4 Å². The smallest absolute Gasteiger partial charge is 0.322 e. The van der Waals surface area contributed by atoms with Crippen LogP contribution in [0.1, 0.15) is 20.3 Å². The van der Waals surface area contributed by atoms with E-state index < -0.39 is 0 Å². The van der Waals surface area contributed by atoms with E-state index in [9.17, 15) is 0 Å². The molecule has 0 radical (unpaired) electrons. The molecule has 0 amide bonds. The molecule has 1 atom stereocenters. The number of piperazine rings is 1. The Morgan fingerprint density at radius 3 is 2.47 bits per heavy atom. The standard InChI is InChI=1S/C12H20ClN5O/c1-4-9(2)17-5-7-18(8-6-17)11-14-10(13)15-12(16-11)19-3/h9H,4-8H2,1-3H3. The van der Waals surface area contributed by atoms with Gasteiger partial charge < -0.3 is 9.64 Å². The van der Waals surface area contributed by atoms with Crippen LogP contribution in [-0.4, -0.2) is 59.2 Å². The summed E-state index contributed by atoms with van der Waals surface area (Å²) in [4.78, 5) is 16.9. The van der Waals surface area contributed by atoms with Crippen LogP contribution in [0, 0.1) is 0 Å². The first-order chi connectivity index (χ1) is 9.13. The van der Waals surface area contributed by atoms with E-state index >= 15 is 0 Å².